The molecule has 29 heavy (non-hydrogen) atoms. The lowest BCUT2D eigenvalue weighted by Gasteiger charge is -2.18. The van der Waals surface area contributed by atoms with Crippen LogP contribution in [0.15, 0.2) is 41.5 Å². The largest absolute Gasteiger partial charge is 0.348 e. The second-order valence-corrected chi connectivity index (χ2v) is 9.70. The van der Waals surface area contributed by atoms with Gasteiger partial charge in [-0.3, -0.25) is 14.0 Å². The maximum Gasteiger partial charge on any atom is 0.348 e. The number of amides is 1. The summed E-state index contributed by atoms with van der Waals surface area (Å²) < 4.78 is 26.6. The lowest BCUT2D eigenvalue weighted by molar-refractivity contribution is -0.119. The SMILES string of the molecule is O=C(Cn1c(=O)ncc2c1cnn2[C@@H]1CCS(=O)(=O)C1)N1CCc2ccccc21. The van der Waals surface area contributed by atoms with Crippen LogP contribution in [0.4, 0.5) is 5.69 Å². The van der Waals surface area contributed by atoms with Gasteiger partial charge in [0, 0.05) is 12.2 Å². The summed E-state index contributed by atoms with van der Waals surface area (Å²) in [6, 6.07) is 7.45. The first-order chi connectivity index (χ1) is 13.9. The maximum absolute atomic E-state index is 13.0. The van der Waals surface area contributed by atoms with E-state index in [1.807, 2.05) is 24.3 Å². The van der Waals surface area contributed by atoms with Crippen molar-refractivity contribution >= 4 is 32.5 Å². The summed E-state index contributed by atoms with van der Waals surface area (Å²) in [5.41, 5.74) is 2.49. The first-order valence-electron chi connectivity index (χ1n) is 9.45. The predicted molar refractivity (Wildman–Crippen MR) is 107 cm³/mol. The number of aromatic nitrogens is 4. The zero-order valence-corrected chi connectivity index (χ0v) is 16.4. The summed E-state index contributed by atoms with van der Waals surface area (Å²) in [6.45, 7) is 0.432. The standard InChI is InChI=1S/C19H19N5O4S/c25-18(22-7-5-13-3-1-2-4-15(13)22)11-23-16-10-21-24(17(16)9-20-19(23)26)14-6-8-29(27,28)12-14/h1-4,9-10,14H,5-8,11-12H2/t14-/m1/s1. The number of anilines is 1. The van der Waals surface area contributed by atoms with Gasteiger partial charge in [0.2, 0.25) is 5.91 Å². The Morgan fingerprint density at radius 3 is 2.79 bits per heavy atom. The molecule has 9 nitrogen and oxygen atoms in total. The highest BCUT2D eigenvalue weighted by molar-refractivity contribution is 7.91. The van der Waals surface area contributed by atoms with Crippen molar-refractivity contribution in [1.29, 1.82) is 0 Å². The molecule has 2 aliphatic rings. The molecular weight excluding hydrogens is 394 g/mol. The summed E-state index contributed by atoms with van der Waals surface area (Å²) in [6.07, 6.45) is 4.17. The Hall–Kier alpha value is -3.01. The molecule has 3 aromatic rings. The lowest BCUT2D eigenvalue weighted by Crippen LogP contribution is -2.36. The number of benzene rings is 1. The van der Waals surface area contributed by atoms with Crippen molar-refractivity contribution in [3.05, 3.63) is 52.7 Å². The Bertz CT molecular complexity index is 1290. The van der Waals surface area contributed by atoms with E-state index in [4.69, 9.17) is 0 Å². The first-order valence-corrected chi connectivity index (χ1v) is 11.3. The molecule has 1 fully saturated rings. The fourth-order valence-corrected chi connectivity index (χ4v) is 5.91. The molecule has 4 heterocycles. The topological polar surface area (TPSA) is 107 Å². The molecule has 0 bridgehead atoms. The van der Waals surface area contributed by atoms with E-state index in [2.05, 4.69) is 10.1 Å². The van der Waals surface area contributed by atoms with Gasteiger partial charge in [0.1, 0.15) is 12.1 Å². The van der Waals surface area contributed by atoms with Crippen molar-refractivity contribution < 1.29 is 13.2 Å². The molecule has 0 radical (unpaired) electrons. The Morgan fingerprint density at radius 2 is 2.00 bits per heavy atom. The molecule has 5 rings (SSSR count). The number of para-hydroxylation sites is 1. The normalized spacial score (nSPS) is 20.3. The Labute approximate surface area is 166 Å². The summed E-state index contributed by atoms with van der Waals surface area (Å²) in [5, 5.41) is 4.31. The van der Waals surface area contributed by atoms with Crippen molar-refractivity contribution in [1.82, 2.24) is 19.3 Å². The van der Waals surface area contributed by atoms with E-state index in [-0.39, 0.29) is 30.0 Å². The van der Waals surface area contributed by atoms with E-state index in [1.54, 1.807) is 9.58 Å². The highest BCUT2D eigenvalue weighted by atomic mass is 32.2. The van der Waals surface area contributed by atoms with Gasteiger partial charge in [0.05, 0.1) is 35.5 Å². The third-order valence-electron chi connectivity index (χ3n) is 5.67. The average Bonchev–Trinajstić information content (AvgIpc) is 3.39. The molecule has 1 atom stereocenters. The molecule has 0 N–H and O–H groups in total. The van der Waals surface area contributed by atoms with Gasteiger partial charge in [-0.2, -0.15) is 10.1 Å². The van der Waals surface area contributed by atoms with Crippen molar-refractivity contribution in [3.63, 3.8) is 0 Å². The van der Waals surface area contributed by atoms with Crippen LogP contribution < -0.4 is 10.6 Å². The average molecular weight is 413 g/mol. The predicted octanol–water partition coefficient (Wildman–Crippen LogP) is 0.542. The van der Waals surface area contributed by atoms with Gasteiger partial charge in [-0.1, -0.05) is 18.2 Å². The molecule has 150 valence electrons. The maximum atomic E-state index is 13.0. The van der Waals surface area contributed by atoms with E-state index in [0.717, 1.165) is 17.7 Å². The molecule has 0 aliphatic carbocycles. The van der Waals surface area contributed by atoms with Gasteiger partial charge < -0.3 is 4.90 Å². The fraction of sp³-hybridized carbons (Fsp3) is 0.368. The van der Waals surface area contributed by atoms with E-state index in [1.165, 1.54) is 17.0 Å². The number of hydrogen-bond donors (Lipinski definition) is 0. The van der Waals surface area contributed by atoms with E-state index < -0.39 is 15.5 Å². The number of sulfone groups is 1. The number of fused-ring (bicyclic) bond motifs is 2. The van der Waals surface area contributed by atoms with Crippen LogP contribution in [0.25, 0.3) is 11.0 Å². The number of rotatable bonds is 3. The van der Waals surface area contributed by atoms with Gasteiger partial charge in [0.25, 0.3) is 0 Å². The van der Waals surface area contributed by atoms with Crippen LogP contribution in [-0.2, 0) is 27.6 Å². The summed E-state index contributed by atoms with van der Waals surface area (Å²) in [5.74, 6) is -0.0479. The third kappa shape index (κ3) is 3.03. The third-order valence-corrected chi connectivity index (χ3v) is 7.42. The van der Waals surface area contributed by atoms with Crippen molar-refractivity contribution in [2.24, 2.45) is 0 Å². The van der Waals surface area contributed by atoms with Crippen LogP contribution in [0.3, 0.4) is 0 Å². The Morgan fingerprint density at radius 1 is 1.17 bits per heavy atom. The highest BCUT2D eigenvalue weighted by Crippen LogP contribution is 2.28. The second kappa shape index (κ2) is 6.51. The van der Waals surface area contributed by atoms with Gasteiger partial charge in [-0.25, -0.2) is 13.2 Å². The number of nitrogens with zero attached hydrogens (tertiary/aromatic N) is 5. The Balaban J connectivity index is 1.49. The van der Waals surface area contributed by atoms with E-state index in [9.17, 15) is 18.0 Å². The number of hydrogen-bond acceptors (Lipinski definition) is 6. The molecular formula is C19H19N5O4S. The minimum Gasteiger partial charge on any atom is -0.310 e. The number of carbonyl (C=O) groups is 1. The van der Waals surface area contributed by atoms with Gasteiger partial charge in [0.15, 0.2) is 9.84 Å². The summed E-state index contributed by atoms with van der Waals surface area (Å²) in [7, 11) is -3.08. The minimum absolute atomic E-state index is 0.0202. The monoisotopic (exact) mass is 413 g/mol. The molecule has 0 unspecified atom stereocenters. The first kappa shape index (κ1) is 18.0. The lowest BCUT2D eigenvalue weighted by atomic mass is 10.2. The molecule has 2 aliphatic heterocycles. The van der Waals surface area contributed by atoms with Crippen LogP contribution in [-0.4, -0.2) is 51.7 Å². The minimum atomic E-state index is -3.08. The number of carbonyl (C=O) groups excluding carboxylic acids is 1. The van der Waals surface area contributed by atoms with Crippen LogP contribution in [0, 0.1) is 0 Å². The molecule has 2 aromatic heterocycles. The summed E-state index contributed by atoms with van der Waals surface area (Å²) in [4.78, 5) is 31.0. The van der Waals surface area contributed by atoms with Gasteiger partial charge in [-0.05, 0) is 24.5 Å². The van der Waals surface area contributed by atoms with Crippen molar-refractivity contribution in [2.45, 2.75) is 25.4 Å². The van der Waals surface area contributed by atoms with Gasteiger partial charge >= 0.3 is 5.69 Å². The molecule has 10 heteroatoms. The fourth-order valence-electron chi connectivity index (χ4n) is 4.21. The van der Waals surface area contributed by atoms with E-state index in [0.29, 0.717) is 24.0 Å². The summed E-state index contributed by atoms with van der Waals surface area (Å²) >= 11 is 0. The second-order valence-electron chi connectivity index (χ2n) is 7.47. The zero-order valence-electron chi connectivity index (χ0n) is 15.6. The Kier molecular flexibility index (Phi) is 4.05. The molecule has 1 amide bonds. The van der Waals surface area contributed by atoms with Gasteiger partial charge in [-0.15, -0.1) is 0 Å². The van der Waals surface area contributed by atoms with Crippen LogP contribution in [0.1, 0.15) is 18.0 Å². The van der Waals surface area contributed by atoms with Crippen molar-refractivity contribution in [2.75, 3.05) is 23.0 Å². The van der Waals surface area contributed by atoms with Crippen molar-refractivity contribution in [3.8, 4) is 0 Å². The molecule has 1 saturated heterocycles. The van der Waals surface area contributed by atoms with E-state index >= 15 is 0 Å². The smallest absolute Gasteiger partial charge is 0.310 e. The molecule has 0 saturated carbocycles. The quantitative estimate of drug-likeness (QED) is 0.620. The van der Waals surface area contributed by atoms with Crippen LogP contribution >= 0.6 is 0 Å². The highest BCUT2D eigenvalue weighted by Gasteiger charge is 2.31. The van der Waals surface area contributed by atoms with Crippen LogP contribution in [0.5, 0.6) is 0 Å². The molecule has 1 aromatic carbocycles. The molecule has 0 spiro atoms. The zero-order chi connectivity index (χ0) is 20.2. The van der Waals surface area contributed by atoms with Crippen LogP contribution in [0.2, 0.25) is 0 Å².